The number of carbonyl (C=O) groups excluding carboxylic acids is 1. The largest absolute Gasteiger partial charge is 0.497 e. The van der Waals surface area contributed by atoms with Crippen LogP contribution in [0.5, 0.6) is 5.75 Å². The van der Waals surface area contributed by atoms with Crippen molar-refractivity contribution in [1.82, 2.24) is 0 Å². The zero-order valence-corrected chi connectivity index (χ0v) is 15.4. The standard InChI is InChI=1S/C18H23FN2O2Si/c1-23-14-8-5-12(6-9-14)17(20)18(22)21-13-7-10-16(15(19)11-13)24(2,3)4/h5-11,17H,20H2,1-4H3,(H,21,22)/t17-/m1/s1. The van der Waals surface area contributed by atoms with Crippen LogP contribution in [0.4, 0.5) is 10.1 Å². The molecule has 0 saturated carbocycles. The van der Waals surface area contributed by atoms with Crippen LogP contribution in [0.15, 0.2) is 42.5 Å². The Bertz CT molecular complexity index is 727. The highest BCUT2D eigenvalue weighted by Gasteiger charge is 2.22. The summed E-state index contributed by atoms with van der Waals surface area (Å²) in [5, 5.41) is 3.40. The highest BCUT2D eigenvalue weighted by atomic mass is 28.3. The Balaban J connectivity index is 2.12. The Hall–Kier alpha value is -2.18. The van der Waals surface area contributed by atoms with Crippen molar-refractivity contribution < 1.29 is 13.9 Å². The van der Waals surface area contributed by atoms with Gasteiger partial charge in [-0.3, -0.25) is 4.79 Å². The summed E-state index contributed by atoms with van der Waals surface area (Å²) < 4.78 is 19.3. The van der Waals surface area contributed by atoms with Crippen LogP contribution in [-0.2, 0) is 4.79 Å². The number of nitrogens with one attached hydrogen (secondary N) is 1. The first-order chi connectivity index (χ1) is 11.2. The summed E-state index contributed by atoms with van der Waals surface area (Å²) in [7, 11) is -0.179. The summed E-state index contributed by atoms with van der Waals surface area (Å²) in [6.07, 6.45) is 0. The van der Waals surface area contributed by atoms with E-state index in [-0.39, 0.29) is 11.7 Å². The Morgan fingerprint density at radius 2 is 1.79 bits per heavy atom. The van der Waals surface area contributed by atoms with Crippen molar-refractivity contribution in [2.75, 3.05) is 12.4 Å². The highest BCUT2D eigenvalue weighted by Crippen LogP contribution is 2.18. The molecule has 1 amide bonds. The molecule has 0 aliphatic heterocycles. The van der Waals surface area contributed by atoms with Gasteiger partial charge in [0.05, 0.1) is 15.2 Å². The minimum Gasteiger partial charge on any atom is -0.497 e. The number of nitrogens with two attached hydrogens (primary N) is 1. The maximum atomic E-state index is 14.2. The molecule has 2 aromatic carbocycles. The van der Waals surface area contributed by atoms with Gasteiger partial charge in [-0.15, -0.1) is 0 Å². The Kier molecular flexibility index (Phi) is 5.41. The predicted octanol–water partition coefficient (Wildman–Crippen LogP) is 3.02. The molecule has 0 spiro atoms. The van der Waals surface area contributed by atoms with E-state index in [2.05, 4.69) is 25.0 Å². The van der Waals surface area contributed by atoms with Crippen molar-refractivity contribution in [1.29, 1.82) is 0 Å². The number of hydrogen-bond acceptors (Lipinski definition) is 3. The number of hydrogen-bond donors (Lipinski definition) is 2. The van der Waals surface area contributed by atoms with Crippen molar-refractivity contribution >= 4 is 24.9 Å². The molecule has 2 aromatic rings. The zero-order chi connectivity index (χ0) is 17.9. The molecular formula is C18H23FN2O2Si. The molecule has 0 aromatic heterocycles. The zero-order valence-electron chi connectivity index (χ0n) is 14.4. The summed E-state index contributed by atoms with van der Waals surface area (Å²) >= 11 is 0. The molecule has 0 aliphatic carbocycles. The lowest BCUT2D eigenvalue weighted by molar-refractivity contribution is -0.117. The summed E-state index contributed by atoms with van der Waals surface area (Å²) in [6.45, 7) is 6.22. The molecule has 0 heterocycles. The highest BCUT2D eigenvalue weighted by molar-refractivity contribution is 6.88. The van der Waals surface area contributed by atoms with E-state index in [1.807, 2.05) is 0 Å². The van der Waals surface area contributed by atoms with Crippen LogP contribution in [0.2, 0.25) is 19.6 Å². The van der Waals surface area contributed by atoms with Gasteiger partial charge in [0.1, 0.15) is 17.6 Å². The van der Waals surface area contributed by atoms with E-state index >= 15 is 0 Å². The first kappa shape index (κ1) is 18.2. The molecule has 0 aliphatic rings. The van der Waals surface area contributed by atoms with E-state index in [9.17, 15) is 9.18 Å². The summed E-state index contributed by atoms with van der Waals surface area (Å²) in [4.78, 5) is 12.3. The van der Waals surface area contributed by atoms with Crippen molar-refractivity contribution in [2.45, 2.75) is 25.7 Å². The first-order valence-corrected chi connectivity index (χ1v) is 11.2. The Morgan fingerprint density at radius 3 is 2.29 bits per heavy atom. The first-order valence-electron chi connectivity index (χ1n) is 7.73. The average molecular weight is 346 g/mol. The monoisotopic (exact) mass is 346 g/mol. The van der Waals surface area contributed by atoms with Crippen molar-refractivity contribution in [3.8, 4) is 5.75 Å². The minimum absolute atomic E-state index is 0.287. The van der Waals surface area contributed by atoms with Gasteiger partial charge in [0, 0.05) is 5.69 Å². The molecule has 0 radical (unpaired) electrons. The van der Waals surface area contributed by atoms with Gasteiger partial charge in [-0.1, -0.05) is 37.8 Å². The minimum atomic E-state index is -1.75. The third-order valence-corrected chi connectivity index (χ3v) is 5.82. The van der Waals surface area contributed by atoms with Crippen LogP contribution in [0.25, 0.3) is 0 Å². The van der Waals surface area contributed by atoms with E-state index < -0.39 is 14.1 Å². The van der Waals surface area contributed by atoms with Crippen LogP contribution in [0.1, 0.15) is 11.6 Å². The molecule has 1 atom stereocenters. The fourth-order valence-electron chi connectivity index (χ4n) is 2.38. The average Bonchev–Trinajstić information content (AvgIpc) is 2.53. The lowest BCUT2D eigenvalue weighted by atomic mass is 10.1. The van der Waals surface area contributed by atoms with Gasteiger partial charge < -0.3 is 15.8 Å². The predicted molar refractivity (Wildman–Crippen MR) is 97.9 cm³/mol. The second-order valence-electron chi connectivity index (χ2n) is 6.68. The smallest absolute Gasteiger partial charge is 0.245 e. The second kappa shape index (κ2) is 7.15. The topological polar surface area (TPSA) is 64.3 Å². The number of rotatable bonds is 5. The maximum Gasteiger partial charge on any atom is 0.245 e. The van der Waals surface area contributed by atoms with Gasteiger partial charge in [0.15, 0.2) is 0 Å². The number of benzene rings is 2. The van der Waals surface area contributed by atoms with Crippen molar-refractivity contribution in [2.24, 2.45) is 5.73 Å². The van der Waals surface area contributed by atoms with Crippen LogP contribution in [0.3, 0.4) is 0 Å². The van der Waals surface area contributed by atoms with Gasteiger partial charge in [0.25, 0.3) is 0 Å². The maximum absolute atomic E-state index is 14.2. The third kappa shape index (κ3) is 4.21. The number of methoxy groups -OCH3 is 1. The van der Waals surface area contributed by atoms with Gasteiger partial charge in [-0.05, 0) is 35.0 Å². The fourth-order valence-corrected chi connectivity index (χ4v) is 3.76. The third-order valence-electron chi connectivity index (χ3n) is 3.80. The lowest BCUT2D eigenvalue weighted by Crippen LogP contribution is -2.40. The van der Waals surface area contributed by atoms with Gasteiger partial charge >= 0.3 is 0 Å². The number of ether oxygens (including phenoxy) is 1. The molecule has 2 rings (SSSR count). The Labute approximate surface area is 142 Å². The molecular weight excluding hydrogens is 323 g/mol. The molecule has 128 valence electrons. The van der Waals surface area contributed by atoms with Crippen molar-refractivity contribution in [3.63, 3.8) is 0 Å². The van der Waals surface area contributed by atoms with Crippen LogP contribution < -0.4 is 21.0 Å². The van der Waals surface area contributed by atoms with Crippen LogP contribution >= 0.6 is 0 Å². The van der Waals surface area contributed by atoms with E-state index in [1.54, 1.807) is 43.5 Å². The van der Waals surface area contributed by atoms with E-state index in [0.29, 0.717) is 17.0 Å². The van der Waals surface area contributed by atoms with E-state index in [4.69, 9.17) is 10.5 Å². The van der Waals surface area contributed by atoms with Crippen molar-refractivity contribution in [3.05, 3.63) is 53.8 Å². The number of halogens is 1. The molecule has 6 heteroatoms. The Morgan fingerprint density at radius 1 is 1.17 bits per heavy atom. The lowest BCUT2D eigenvalue weighted by Gasteiger charge is -2.19. The molecule has 0 unspecified atom stereocenters. The number of amides is 1. The van der Waals surface area contributed by atoms with E-state index in [0.717, 1.165) is 5.19 Å². The van der Waals surface area contributed by atoms with Crippen LogP contribution in [-0.4, -0.2) is 21.1 Å². The normalized spacial score (nSPS) is 12.6. The summed E-state index contributed by atoms with van der Waals surface area (Å²) in [5.74, 6) is 0.0145. The van der Waals surface area contributed by atoms with E-state index in [1.165, 1.54) is 6.07 Å². The molecule has 4 nitrogen and oxygen atoms in total. The molecule has 24 heavy (non-hydrogen) atoms. The van der Waals surface area contributed by atoms with Gasteiger partial charge in [-0.25, -0.2) is 4.39 Å². The fraction of sp³-hybridized carbons (Fsp3) is 0.278. The molecule has 0 fully saturated rings. The SMILES string of the molecule is COc1ccc([C@@H](N)C(=O)Nc2ccc([Si](C)(C)C)c(F)c2)cc1. The second-order valence-corrected chi connectivity index (χ2v) is 11.7. The van der Waals surface area contributed by atoms with Gasteiger partial charge in [-0.2, -0.15) is 0 Å². The molecule has 0 saturated heterocycles. The van der Waals surface area contributed by atoms with Gasteiger partial charge in [0.2, 0.25) is 5.91 Å². The van der Waals surface area contributed by atoms with Crippen LogP contribution in [0, 0.1) is 5.82 Å². The summed E-state index contributed by atoms with van der Waals surface area (Å²) in [6, 6.07) is 10.9. The summed E-state index contributed by atoms with van der Waals surface area (Å²) in [5.41, 5.74) is 7.04. The molecule has 0 bridgehead atoms. The number of carbonyl (C=O) groups is 1. The quantitative estimate of drug-likeness (QED) is 0.818. The molecule has 3 N–H and O–H groups in total. The number of anilines is 1.